The molecule has 0 unspecified atom stereocenters. The van der Waals surface area contributed by atoms with Gasteiger partial charge in [-0.1, -0.05) is 25.1 Å². The molecule has 3 nitrogen and oxygen atoms in total. The number of rotatable bonds is 6. The van der Waals surface area contributed by atoms with Gasteiger partial charge in [-0.2, -0.15) is 0 Å². The van der Waals surface area contributed by atoms with E-state index in [1.807, 2.05) is 37.3 Å². The van der Waals surface area contributed by atoms with Crippen LogP contribution in [0.4, 0.5) is 5.69 Å². The first-order valence-corrected chi connectivity index (χ1v) is 5.27. The molecular weight excluding hydrogens is 190 g/mol. The number of benzene rings is 1. The van der Waals surface area contributed by atoms with E-state index in [1.54, 1.807) is 0 Å². The quantitative estimate of drug-likeness (QED) is 0.728. The molecule has 0 aromatic heterocycles. The zero-order chi connectivity index (χ0) is 10.9. The smallest absolute Gasteiger partial charge is 0.307 e. The molecule has 1 N–H and O–H groups in total. The van der Waals surface area contributed by atoms with Crippen LogP contribution in [0.2, 0.25) is 0 Å². The lowest BCUT2D eigenvalue weighted by atomic mass is 10.3. The number of anilines is 1. The molecule has 0 aliphatic heterocycles. The van der Waals surface area contributed by atoms with Crippen molar-refractivity contribution in [3.05, 3.63) is 30.3 Å². The first-order valence-electron chi connectivity index (χ1n) is 5.27. The van der Waals surface area contributed by atoms with Gasteiger partial charge in [0.2, 0.25) is 0 Å². The summed E-state index contributed by atoms with van der Waals surface area (Å²) in [5.74, 6) is -0.139. The van der Waals surface area contributed by atoms with Gasteiger partial charge in [-0.25, -0.2) is 0 Å². The first-order chi connectivity index (χ1) is 7.33. The van der Waals surface area contributed by atoms with Crippen molar-refractivity contribution in [3.8, 4) is 0 Å². The molecule has 1 aromatic carbocycles. The Morgan fingerprint density at radius 3 is 2.73 bits per heavy atom. The Bertz CT molecular complexity index is 285. The van der Waals surface area contributed by atoms with Crippen LogP contribution in [-0.4, -0.2) is 19.1 Å². The van der Waals surface area contributed by atoms with Crippen LogP contribution < -0.4 is 5.32 Å². The molecule has 1 aromatic rings. The Balaban J connectivity index is 2.14. The molecule has 82 valence electrons. The SMILES string of the molecule is CCCOC(=O)CCNc1ccccc1. The van der Waals surface area contributed by atoms with Gasteiger partial charge in [0.15, 0.2) is 0 Å². The lowest BCUT2D eigenvalue weighted by Crippen LogP contribution is -2.11. The number of hydrogen-bond acceptors (Lipinski definition) is 3. The van der Waals surface area contributed by atoms with Gasteiger partial charge in [-0.15, -0.1) is 0 Å². The number of esters is 1. The Kier molecular flexibility index (Phi) is 5.30. The van der Waals surface area contributed by atoms with Crippen LogP contribution in [0.1, 0.15) is 19.8 Å². The highest BCUT2D eigenvalue weighted by Gasteiger charge is 2.00. The summed E-state index contributed by atoms with van der Waals surface area (Å²) in [5, 5.41) is 3.15. The second-order valence-corrected chi connectivity index (χ2v) is 3.26. The number of para-hydroxylation sites is 1. The summed E-state index contributed by atoms with van der Waals surface area (Å²) in [5.41, 5.74) is 1.03. The van der Waals surface area contributed by atoms with E-state index in [4.69, 9.17) is 4.74 Å². The zero-order valence-corrected chi connectivity index (χ0v) is 9.03. The van der Waals surface area contributed by atoms with Gasteiger partial charge in [0.25, 0.3) is 0 Å². The van der Waals surface area contributed by atoms with E-state index in [-0.39, 0.29) is 5.97 Å². The van der Waals surface area contributed by atoms with Crippen LogP contribution in [0.15, 0.2) is 30.3 Å². The maximum absolute atomic E-state index is 11.1. The van der Waals surface area contributed by atoms with E-state index in [1.165, 1.54) is 0 Å². The third-order valence-electron chi connectivity index (χ3n) is 1.90. The van der Waals surface area contributed by atoms with Crippen molar-refractivity contribution in [2.45, 2.75) is 19.8 Å². The van der Waals surface area contributed by atoms with Crippen molar-refractivity contribution >= 4 is 11.7 Å². The minimum Gasteiger partial charge on any atom is -0.466 e. The lowest BCUT2D eigenvalue weighted by Gasteiger charge is -2.05. The molecule has 0 atom stereocenters. The fourth-order valence-corrected chi connectivity index (χ4v) is 1.15. The molecule has 0 aliphatic carbocycles. The minimum absolute atomic E-state index is 0.139. The van der Waals surface area contributed by atoms with Crippen LogP contribution in [0.25, 0.3) is 0 Å². The molecule has 0 radical (unpaired) electrons. The van der Waals surface area contributed by atoms with Crippen molar-refractivity contribution in [3.63, 3.8) is 0 Å². The van der Waals surface area contributed by atoms with Gasteiger partial charge in [0.05, 0.1) is 13.0 Å². The summed E-state index contributed by atoms with van der Waals surface area (Å²) in [6.45, 7) is 3.12. The first kappa shape index (κ1) is 11.6. The Labute approximate surface area is 90.4 Å². The van der Waals surface area contributed by atoms with E-state index in [0.29, 0.717) is 19.6 Å². The summed E-state index contributed by atoms with van der Waals surface area (Å²) in [6, 6.07) is 9.81. The van der Waals surface area contributed by atoms with Crippen molar-refractivity contribution in [2.75, 3.05) is 18.5 Å². The van der Waals surface area contributed by atoms with Crippen LogP contribution >= 0.6 is 0 Å². The summed E-state index contributed by atoms with van der Waals surface area (Å²) in [4.78, 5) is 11.1. The lowest BCUT2D eigenvalue weighted by molar-refractivity contribution is -0.143. The highest BCUT2D eigenvalue weighted by atomic mass is 16.5. The number of nitrogens with one attached hydrogen (secondary N) is 1. The average molecular weight is 207 g/mol. The normalized spacial score (nSPS) is 9.67. The molecule has 0 saturated carbocycles. The monoisotopic (exact) mass is 207 g/mol. The van der Waals surface area contributed by atoms with Crippen molar-refractivity contribution in [1.29, 1.82) is 0 Å². The number of hydrogen-bond donors (Lipinski definition) is 1. The van der Waals surface area contributed by atoms with E-state index in [0.717, 1.165) is 12.1 Å². The second kappa shape index (κ2) is 6.87. The van der Waals surface area contributed by atoms with Crippen LogP contribution in [0.5, 0.6) is 0 Å². The molecule has 0 spiro atoms. The summed E-state index contributed by atoms with van der Waals surface area (Å²) >= 11 is 0. The molecular formula is C12H17NO2. The summed E-state index contributed by atoms with van der Waals surface area (Å²) in [7, 11) is 0. The van der Waals surface area contributed by atoms with E-state index >= 15 is 0 Å². The van der Waals surface area contributed by atoms with Gasteiger partial charge < -0.3 is 10.1 Å². The molecule has 0 saturated heterocycles. The van der Waals surface area contributed by atoms with Gasteiger partial charge in [-0.05, 0) is 18.6 Å². The van der Waals surface area contributed by atoms with Crippen molar-refractivity contribution in [1.82, 2.24) is 0 Å². The maximum atomic E-state index is 11.1. The highest BCUT2D eigenvalue weighted by molar-refractivity contribution is 5.70. The van der Waals surface area contributed by atoms with Crippen LogP contribution in [-0.2, 0) is 9.53 Å². The Morgan fingerprint density at radius 2 is 2.07 bits per heavy atom. The van der Waals surface area contributed by atoms with Gasteiger partial charge in [-0.3, -0.25) is 4.79 Å². The molecule has 0 amide bonds. The third kappa shape index (κ3) is 5.05. The molecule has 15 heavy (non-hydrogen) atoms. The topological polar surface area (TPSA) is 38.3 Å². The van der Waals surface area contributed by atoms with Gasteiger partial charge >= 0.3 is 5.97 Å². The Morgan fingerprint density at radius 1 is 1.33 bits per heavy atom. The predicted octanol–water partition coefficient (Wildman–Crippen LogP) is 2.44. The molecule has 0 heterocycles. The highest BCUT2D eigenvalue weighted by Crippen LogP contribution is 2.04. The maximum Gasteiger partial charge on any atom is 0.307 e. The number of carbonyl (C=O) groups excluding carboxylic acids is 1. The van der Waals surface area contributed by atoms with E-state index in [2.05, 4.69) is 5.32 Å². The van der Waals surface area contributed by atoms with E-state index in [9.17, 15) is 4.79 Å². The summed E-state index contributed by atoms with van der Waals surface area (Å²) in [6.07, 6.45) is 1.28. The molecule has 0 fully saturated rings. The van der Waals surface area contributed by atoms with Crippen LogP contribution in [0.3, 0.4) is 0 Å². The van der Waals surface area contributed by atoms with E-state index < -0.39 is 0 Å². The standard InChI is InChI=1S/C12H17NO2/c1-2-10-15-12(14)8-9-13-11-6-4-3-5-7-11/h3-7,13H,2,8-10H2,1H3. The molecule has 0 aliphatic rings. The van der Waals surface area contributed by atoms with Gasteiger partial charge in [0.1, 0.15) is 0 Å². The zero-order valence-electron chi connectivity index (χ0n) is 9.03. The third-order valence-corrected chi connectivity index (χ3v) is 1.90. The fraction of sp³-hybridized carbons (Fsp3) is 0.417. The second-order valence-electron chi connectivity index (χ2n) is 3.26. The van der Waals surface area contributed by atoms with Crippen molar-refractivity contribution in [2.24, 2.45) is 0 Å². The summed E-state index contributed by atoms with van der Waals surface area (Å²) < 4.78 is 4.95. The van der Waals surface area contributed by atoms with Gasteiger partial charge in [0, 0.05) is 12.2 Å². The largest absolute Gasteiger partial charge is 0.466 e. The molecule has 1 rings (SSSR count). The number of ether oxygens (including phenoxy) is 1. The number of carbonyl (C=O) groups is 1. The Hall–Kier alpha value is -1.51. The van der Waals surface area contributed by atoms with Crippen molar-refractivity contribution < 1.29 is 9.53 Å². The fourth-order valence-electron chi connectivity index (χ4n) is 1.15. The van der Waals surface area contributed by atoms with Crippen LogP contribution in [0, 0.1) is 0 Å². The molecule has 3 heteroatoms. The molecule has 0 bridgehead atoms. The average Bonchev–Trinajstić information content (AvgIpc) is 2.28. The predicted molar refractivity (Wildman–Crippen MR) is 60.8 cm³/mol. The minimum atomic E-state index is -0.139.